The molecule has 0 aromatic heterocycles. The second-order valence-electron chi connectivity index (χ2n) is 6.26. The second kappa shape index (κ2) is 7.59. The van der Waals surface area contributed by atoms with Gasteiger partial charge >= 0.3 is 0 Å². The molecular formula is C18H25N3O3S. The van der Waals surface area contributed by atoms with Gasteiger partial charge in [0, 0.05) is 32.1 Å². The third-order valence-electron chi connectivity index (χ3n) is 4.68. The van der Waals surface area contributed by atoms with Crippen LogP contribution in [0.5, 0.6) is 0 Å². The third kappa shape index (κ3) is 4.05. The number of rotatable bonds is 5. The van der Waals surface area contributed by atoms with Crippen molar-refractivity contribution >= 4 is 10.0 Å². The molecule has 0 aliphatic carbocycles. The molecule has 1 aromatic carbocycles. The Morgan fingerprint density at radius 1 is 1.32 bits per heavy atom. The fourth-order valence-electron chi connectivity index (χ4n) is 3.23. The number of hydrogen-bond acceptors (Lipinski definition) is 5. The van der Waals surface area contributed by atoms with Gasteiger partial charge in [0.15, 0.2) is 0 Å². The number of ether oxygens (including phenoxy) is 1. The zero-order valence-electron chi connectivity index (χ0n) is 14.6. The van der Waals surface area contributed by atoms with Crippen LogP contribution in [0.25, 0.3) is 0 Å². The number of methoxy groups -OCH3 is 1. The number of allylic oxidation sites excluding steroid dienone is 1. The minimum Gasteiger partial charge on any atom is -0.377 e. The number of sulfonamides is 1. The van der Waals surface area contributed by atoms with Gasteiger partial charge in [-0.05, 0) is 43.5 Å². The van der Waals surface area contributed by atoms with E-state index in [0.717, 1.165) is 25.2 Å². The second-order valence-corrected chi connectivity index (χ2v) is 7.97. The Balaban J connectivity index is 1.79. The molecule has 0 bridgehead atoms. The summed E-state index contributed by atoms with van der Waals surface area (Å²) in [7, 11) is -2.00. The maximum atomic E-state index is 12.7. The first-order valence-corrected chi connectivity index (χ1v) is 10.0. The van der Waals surface area contributed by atoms with Crippen LogP contribution in [0.4, 0.5) is 0 Å². The van der Waals surface area contributed by atoms with Gasteiger partial charge in [-0.3, -0.25) is 0 Å². The first-order valence-electron chi connectivity index (χ1n) is 8.54. The predicted molar refractivity (Wildman–Crippen MR) is 97.1 cm³/mol. The highest BCUT2D eigenvalue weighted by molar-refractivity contribution is 7.89. The van der Waals surface area contributed by atoms with E-state index in [0.29, 0.717) is 6.42 Å². The summed E-state index contributed by atoms with van der Waals surface area (Å²) in [5, 5.41) is 3.33. The maximum absolute atomic E-state index is 12.7. The fourth-order valence-corrected chi connectivity index (χ4v) is 4.49. The van der Waals surface area contributed by atoms with Crippen molar-refractivity contribution in [1.29, 1.82) is 0 Å². The number of hydrogen-bond donors (Lipinski definition) is 2. The van der Waals surface area contributed by atoms with E-state index in [9.17, 15) is 8.42 Å². The van der Waals surface area contributed by atoms with Gasteiger partial charge in [-0.15, -0.1) is 0 Å². The highest BCUT2D eigenvalue weighted by Crippen LogP contribution is 2.26. The lowest BCUT2D eigenvalue weighted by Gasteiger charge is -2.34. The molecule has 136 valence electrons. The summed E-state index contributed by atoms with van der Waals surface area (Å²) in [6, 6.07) is 8.08. The van der Waals surface area contributed by atoms with E-state index in [1.807, 2.05) is 0 Å². The first-order chi connectivity index (χ1) is 12.0. The van der Waals surface area contributed by atoms with Gasteiger partial charge in [-0.1, -0.05) is 18.2 Å². The van der Waals surface area contributed by atoms with Gasteiger partial charge in [0.2, 0.25) is 10.0 Å². The summed E-state index contributed by atoms with van der Waals surface area (Å²) in [4.78, 5) is 2.51. The maximum Gasteiger partial charge on any atom is 0.240 e. The van der Waals surface area contributed by atoms with Crippen LogP contribution >= 0.6 is 0 Å². The molecular weight excluding hydrogens is 338 g/mol. The molecule has 2 aliphatic rings. The zero-order valence-corrected chi connectivity index (χ0v) is 15.4. The average molecular weight is 363 g/mol. The molecule has 2 N–H and O–H groups in total. The van der Waals surface area contributed by atoms with E-state index < -0.39 is 16.3 Å². The van der Waals surface area contributed by atoms with Crippen LogP contribution in [-0.4, -0.2) is 45.8 Å². The van der Waals surface area contributed by atoms with E-state index in [2.05, 4.69) is 34.1 Å². The Kier molecular flexibility index (Phi) is 5.46. The van der Waals surface area contributed by atoms with Crippen LogP contribution in [0.1, 0.15) is 19.8 Å². The normalized spacial score (nSPS) is 23.8. The molecule has 0 amide bonds. The Labute approximate surface area is 149 Å². The quantitative estimate of drug-likeness (QED) is 0.835. The van der Waals surface area contributed by atoms with E-state index in [4.69, 9.17) is 4.74 Å². The summed E-state index contributed by atoms with van der Waals surface area (Å²) in [5.74, 6) is 0. The molecule has 1 aromatic rings. The van der Waals surface area contributed by atoms with Gasteiger partial charge < -0.3 is 15.0 Å². The molecule has 6 nitrogen and oxygen atoms in total. The largest absolute Gasteiger partial charge is 0.377 e. The third-order valence-corrected chi connectivity index (χ3v) is 6.19. The van der Waals surface area contributed by atoms with Crippen molar-refractivity contribution in [1.82, 2.24) is 14.9 Å². The van der Waals surface area contributed by atoms with Gasteiger partial charge in [0.25, 0.3) is 0 Å². The van der Waals surface area contributed by atoms with Crippen molar-refractivity contribution in [2.75, 3.05) is 20.2 Å². The molecule has 2 unspecified atom stereocenters. The summed E-state index contributed by atoms with van der Waals surface area (Å²) >= 11 is 0. The topological polar surface area (TPSA) is 70.7 Å². The van der Waals surface area contributed by atoms with Gasteiger partial charge in [0.05, 0.1) is 10.9 Å². The number of nitrogens with zero attached hydrogens (tertiary/aromatic N) is 1. The Morgan fingerprint density at radius 3 is 2.76 bits per heavy atom. The molecule has 7 heteroatoms. The molecule has 0 spiro atoms. The molecule has 0 radical (unpaired) electrons. The Morgan fingerprint density at radius 2 is 2.08 bits per heavy atom. The highest BCUT2D eigenvalue weighted by atomic mass is 32.2. The minimum absolute atomic E-state index is 0.266. The molecule has 2 heterocycles. The van der Waals surface area contributed by atoms with E-state index in [-0.39, 0.29) is 10.9 Å². The van der Waals surface area contributed by atoms with Crippen molar-refractivity contribution in [2.24, 2.45) is 0 Å². The summed E-state index contributed by atoms with van der Waals surface area (Å²) < 4.78 is 33.6. The smallest absolute Gasteiger partial charge is 0.240 e. The summed E-state index contributed by atoms with van der Waals surface area (Å²) in [5.41, 5.74) is 2.26. The monoisotopic (exact) mass is 363 g/mol. The van der Waals surface area contributed by atoms with E-state index >= 15 is 0 Å². The molecule has 3 rings (SSSR count). The Hall–Kier alpha value is -1.83. The van der Waals surface area contributed by atoms with Crippen LogP contribution < -0.4 is 10.0 Å². The lowest BCUT2D eigenvalue weighted by molar-refractivity contribution is 0.0508. The fraction of sp³-hybridized carbons (Fsp3) is 0.444. The van der Waals surface area contributed by atoms with Crippen molar-refractivity contribution in [3.05, 3.63) is 53.9 Å². The summed E-state index contributed by atoms with van der Waals surface area (Å²) in [6.07, 6.45) is 5.27. The van der Waals surface area contributed by atoms with Crippen molar-refractivity contribution in [3.63, 3.8) is 0 Å². The highest BCUT2D eigenvalue weighted by Gasteiger charge is 2.33. The zero-order chi connectivity index (χ0) is 17.9. The van der Waals surface area contributed by atoms with E-state index in [1.54, 1.807) is 37.4 Å². The van der Waals surface area contributed by atoms with Crippen molar-refractivity contribution < 1.29 is 13.2 Å². The van der Waals surface area contributed by atoms with Crippen LogP contribution in [0.2, 0.25) is 0 Å². The average Bonchev–Trinajstić information content (AvgIpc) is 2.83. The number of benzene rings is 1. The van der Waals surface area contributed by atoms with Crippen LogP contribution in [0, 0.1) is 0 Å². The molecule has 0 saturated carbocycles. The van der Waals surface area contributed by atoms with Gasteiger partial charge in [0.1, 0.15) is 6.23 Å². The molecule has 2 aliphatic heterocycles. The lowest BCUT2D eigenvalue weighted by atomic mass is 9.96. The van der Waals surface area contributed by atoms with Crippen LogP contribution in [0.15, 0.2) is 58.8 Å². The first kappa shape index (κ1) is 18.0. The SMILES string of the molecule is CCN1C=CC2=C(CC1)CC(NS(=O)(=O)c1ccccc1)C(OC)N2. The molecule has 2 atom stereocenters. The molecule has 0 saturated heterocycles. The van der Waals surface area contributed by atoms with Gasteiger partial charge in [-0.2, -0.15) is 0 Å². The molecule has 0 fully saturated rings. The summed E-state index contributed by atoms with van der Waals surface area (Å²) in [6.45, 7) is 4.01. The lowest BCUT2D eigenvalue weighted by Crippen LogP contribution is -2.53. The minimum atomic E-state index is -3.59. The van der Waals surface area contributed by atoms with Crippen molar-refractivity contribution in [2.45, 2.75) is 36.9 Å². The van der Waals surface area contributed by atoms with Crippen molar-refractivity contribution in [3.8, 4) is 0 Å². The van der Waals surface area contributed by atoms with Crippen LogP contribution in [-0.2, 0) is 14.8 Å². The predicted octanol–water partition coefficient (Wildman–Crippen LogP) is 1.79. The Bertz CT molecular complexity index is 759. The standard InChI is InChI=1S/C18H25N3O3S/c1-3-21-11-9-14-13-17(18(24-2)19-16(14)10-12-21)20-25(22,23)15-7-5-4-6-8-15/h4-8,10,12,17-20H,3,9,11,13H2,1-2H3. The number of nitrogens with one attached hydrogen (secondary N) is 2. The molecule has 25 heavy (non-hydrogen) atoms. The van der Waals surface area contributed by atoms with Crippen LogP contribution in [0.3, 0.4) is 0 Å². The van der Waals surface area contributed by atoms with E-state index in [1.165, 1.54) is 5.57 Å². The van der Waals surface area contributed by atoms with Gasteiger partial charge in [-0.25, -0.2) is 13.1 Å².